The number of hydrogen-bond acceptors (Lipinski definition) is 6. The lowest BCUT2D eigenvalue weighted by Gasteiger charge is -2.29. The van der Waals surface area contributed by atoms with E-state index in [2.05, 4.69) is 59.2 Å². The lowest BCUT2D eigenvalue weighted by atomic mass is 10.0. The van der Waals surface area contributed by atoms with Crippen LogP contribution in [0.4, 0.5) is 0 Å². The second-order valence-corrected chi connectivity index (χ2v) is 8.41. The van der Waals surface area contributed by atoms with E-state index in [9.17, 15) is 5.11 Å². The molecule has 0 spiro atoms. The summed E-state index contributed by atoms with van der Waals surface area (Å²) in [4.78, 5) is 27.0. The van der Waals surface area contributed by atoms with E-state index >= 15 is 0 Å². The van der Waals surface area contributed by atoms with Gasteiger partial charge in [0.15, 0.2) is 0 Å². The first-order chi connectivity index (χ1) is 15.6. The number of likely N-dealkylation sites (N-methyl/N-ethyl adjacent to an activating group) is 1. The molecule has 182 valence electrons. The molecule has 2 aromatic rings. The number of aliphatic carboxylic acids is 2. The van der Waals surface area contributed by atoms with E-state index in [1.54, 1.807) is 6.20 Å². The number of nitrogens with zero attached hydrogens (tertiary/aromatic N) is 3. The fourth-order valence-corrected chi connectivity index (χ4v) is 3.64. The van der Waals surface area contributed by atoms with Crippen LogP contribution >= 0.6 is 0 Å². The third kappa shape index (κ3) is 12.1. The van der Waals surface area contributed by atoms with Gasteiger partial charge in [0.1, 0.15) is 0 Å². The Hall–Kier alpha value is -2.81. The predicted octanol–water partition coefficient (Wildman–Crippen LogP) is 3.06. The van der Waals surface area contributed by atoms with Crippen molar-refractivity contribution in [2.75, 3.05) is 33.8 Å². The van der Waals surface area contributed by atoms with Gasteiger partial charge in [0.25, 0.3) is 11.9 Å². The van der Waals surface area contributed by atoms with E-state index in [0.29, 0.717) is 12.0 Å². The molecule has 0 bridgehead atoms. The summed E-state index contributed by atoms with van der Waals surface area (Å²) < 4.78 is 0. The first-order valence-electron chi connectivity index (χ1n) is 11.0. The normalized spacial score (nSPS) is 18.2. The maximum Gasteiger partial charge on any atom is 0.300 e. The second-order valence-electron chi connectivity index (χ2n) is 8.41. The van der Waals surface area contributed by atoms with Crippen molar-refractivity contribution in [3.63, 3.8) is 0 Å². The highest BCUT2D eigenvalue weighted by molar-refractivity contribution is 5.63. The van der Waals surface area contributed by atoms with Crippen LogP contribution in [0.25, 0.3) is 11.1 Å². The fraction of sp³-hybridized carbons (Fsp3) is 0.480. The molecular weight excluding hydrogens is 422 g/mol. The minimum Gasteiger partial charge on any atom is -0.481 e. The lowest BCUT2D eigenvalue weighted by Crippen LogP contribution is -2.39. The zero-order valence-corrected chi connectivity index (χ0v) is 20.0. The van der Waals surface area contributed by atoms with Crippen LogP contribution in [0.1, 0.15) is 32.3 Å². The Kier molecular flexibility index (Phi) is 12.9. The summed E-state index contributed by atoms with van der Waals surface area (Å²) in [6, 6.07) is 13.4. The number of carboxylic acids is 2. The minimum atomic E-state index is -0.833. The summed E-state index contributed by atoms with van der Waals surface area (Å²) in [6.45, 7) is 5.43. The highest BCUT2D eigenvalue weighted by atomic mass is 16.4. The van der Waals surface area contributed by atoms with Gasteiger partial charge in [-0.15, -0.1) is 0 Å². The summed E-state index contributed by atoms with van der Waals surface area (Å²) in [5.74, 6) is -1.28. The summed E-state index contributed by atoms with van der Waals surface area (Å²) in [6.07, 6.45) is 5.97. The Morgan fingerprint density at radius 1 is 1.00 bits per heavy atom. The monoisotopic (exact) mass is 459 g/mol. The molecule has 8 heteroatoms. The SMILES string of the molecule is CC(=O)O.CC(=O)O.CN(C)[C@@H]1CC[C@H](CO)CN(Cc2ccc(-c3cccnc3)cc2)C1. The van der Waals surface area contributed by atoms with Gasteiger partial charge in [-0.1, -0.05) is 30.3 Å². The minimum absolute atomic E-state index is 0.288. The summed E-state index contributed by atoms with van der Waals surface area (Å²) >= 11 is 0. The highest BCUT2D eigenvalue weighted by Gasteiger charge is 2.24. The molecule has 1 aromatic carbocycles. The Labute approximate surface area is 196 Å². The van der Waals surface area contributed by atoms with Crippen molar-refractivity contribution >= 4 is 11.9 Å². The number of pyridine rings is 1. The molecule has 3 rings (SSSR count). The third-order valence-electron chi connectivity index (χ3n) is 5.24. The number of aliphatic hydroxyl groups is 1. The fourth-order valence-electron chi connectivity index (χ4n) is 3.64. The molecule has 8 nitrogen and oxygen atoms in total. The van der Waals surface area contributed by atoms with Crippen molar-refractivity contribution in [2.24, 2.45) is 5.92 Å². The summed E-state index contributed by atoms with van der Waals surface area (Å²) in [5, 5.41) is 24.5. The van der Waals surface area contributed by atoms with Crippen molar-refractivity contribution in [1.29, 1.82) is 0 Å². The Bertz CT molecular complexity index is 808. The number of hydrogen-bond donors (Lipinski definition) is 3. The quantitative estimate of drug-likeness (QED) is 0.625. The molecule has 2 heterocycles. The molecule has 0 amide bonds. The molecular formula is C25H37N3O5. The van der Waals surface area contributed by atoms with Crippen LogP contribution < -0.4 is 0 Å². The van der Waals surface area contributed by atoms with Gasteiger partial charge in [0.2, 0.25) is 0 Å². The second kappa shape index (κ2) is 15.1. The average molecular weight is 460 g/mol. The number of benzene rings is 1. The van der Waals surface area contributed by atoms with Gasteiger partial charge >= 0.3 is 0 Å². The molecule has 0 saturated carbocycles. The molecule has 1 aromatic heterocycles. The van der Waals surface area contributed by atoms with E-state index in [4.69, 9.17) is 19.8 Å². The third-order valence-corrected chi connectivity index (χ3v) is 5.24. The zero-order valence-electron chi connectivity index (χ0n) is 20.0. The number of aromatic nitrogens is 1. The number of carboxylic acid groups (broad SMARTS) is 2. The highest BCUT2D eigenvalue weighted by Crippen LogP contribution is 2.22. The molecule has 2 atom stereocenters. The van der Waals surface area contributed by atoms with Crippen molar-refractivity contribution < 1.29 is 24.9 Å². The van der Waals surface area contributed by atoms with Gasteiger partial charge < -0.3 is 20.2 Å². The van der Waals surface area contributed by atoms with Gasteiger partial charge in [-0.25, -0.2) is 0 Å². The van der Waals surface area contributed by atoms with Crippen LogP contribution in [0.3, 0.4) is 0 Å². The van der Waals surface area contributed by atoms with Crippen molar-refractivity contribution in [3.05, 3.63) is 54.4 Å². The van der Waals surface area contributed by atoms with E-state index in [0.717, 1.165) is 51.9 Å². The molecule has 1 aliphatic heterocycles. The number of likely N-dealkylation sites (tertiary alicyclic amines) is 1. The van der Waals surface area contributed by atoms with Crippen LogP contribution in [-0.2, 0) is 16.1 Å². The van der Waals surface area contributed by atoms with E-state index < -0.39 is 11.9 Å². The maximum absolute atomic E-state index is 9.64. The molecule has 1 saturated heterocycles. The average Bonchev–Trinajstić information content (AvgIpc) is 2.96. The van der Waals surface area contributed by atoms with Gasteiger partial charge in [0.05, 0.1) is 0 Å². The topological polar surface area (TPSA) is 114 Å². The van der Waals surface area contributed by atoms with Crippen molar-refractivity contribution in [2.45, 2.75) is 39.3 Å². The zero-order chi connectivity index (χ0) is 24.8. The number of aliphatic hydroxyl groups excluding tert-OH is 1. The molecule has 1 aliphatic rings. The first-order valence-corrected chi connectivity index (χ1v) is 11.0. The standard InChI is InChI=1S/C21H29N3O.2C2H4O2/c1-23(2)21-10-7-18(16-25)14-24(15-21)13-17-5-8-19(9-6-17)20-4-3-11-22-12-20;2*1-2(3)4/h3-6,8-9,11-12,18,21,25H,7,10,13-16H2,1-2H3;2*1H3,(H,3,4)/t18-,21+;;/m0../s1. The van der Waals surface area contributed by atoms with E-state index in [1.807, 2.05) is 12.3 Å². The largest absolute Gasteiger partial charge is 0.481 e. The summed E-state index contributed by atoms with van der Waals surface area (Å²) in [5.41, 5.74) is 3.67. The Balaban J connectivity index is 0.000000591. The van der Waals surface area contributed by atoms with Crippen LogP contribution in [0.5, 0.6) is 0 Å². The van der Waals surface area contributed by atoms with Crippen LogP contribution in [0.2, 0.25) is 0 Å². The predicted molar refractivity (Wildman–Crippen MR) is 129 cm³/mol. The van der Waals surface area contributed by atoms with Crippen LogP contribution in [0, 0.1) is 5.92 Å². The van der Waals surface area contributed by atoms with E-state index in [-0.39, 0.29) is 6.61 Å². The van der Waals surface area contributed by atoms with Gasteiger partial charge in [-0.3, -0.25) is 19.5 Å². The van der Waals surface area contributed by atoms with Gasteiger partial charge in [-0.05, 0) is 55.6 Å². The number of rotatable bonds is 5. The molecule has 0 radical (unpaired) electrons. The smallest absolute Gasteiger partial charge is 0.300 e. The molecule has 1 fully saturated rings. The van der Waals surface area contributed by atoms with Gasteiger partial charge in [0, 0.05) is 58.5 Å². The van der Waals surface area contributed by atoms with Crippen molar-refractivity contribution in [1.82, 2.24) is 14.8 Å². The van der Waals surface area contributed by atoms with Crippen LogP contribution in [-0.4, -0.2) is 81.9 Å². The van der Waals surface area contributed by atoms with E-state index in [1.165, 1.54) is 11.1 Å². The molecule has 0 unspecified atom stereocenters. The van der Waals surface area contributed by atoms with Gasteiger partial charge in [-0.2, -0.15) is 0 Å². The maximum atomic E-state index is 9.64. The Morgan fingerprint density at radius 2 is 1.61 bits per heavy atom. The number of carbonyl (C=O) groups is 2. The first kappa shape index (κ1) is 28.2. The summed E-state index contributed by atoms with van der Waals surface area (Å²) in [7, 11) is 4.32. The van der Waals surface area contributed by atoms with Crippen molar-refractivity contribution in [3.8, 4) is 11.1 Å². The van der Waals surface area contributed by atoms with Crippen LogP contribution in [0.15, 0.2) is 48.8 Å². The molecule has 3 N–H and O–H groups in total. The molecule has 33 heavy (non-hydrogen) atoms. The molecule has 0 aliphatic carbocycles. The lowest BCUT2D eigenvalue weighted by molar-refractivity contribution is -0.135. The Morgan fingerprint density at radius 3 is 2.09 bits per heavy atom.